The molecule has 4 nitrogen and oxygen atoms in total. The molecular formula is C10H17NO3. The second-order valence-electron chi connectivity index (χ2n) is 4.36. The third kappa shape index (κ3) is 1.77. The predicted octanol–water partition coefficient (Wildman–Crippen LogP) is 0.428. The van der Waals surface area contributed by atoms with Crippen LogP contribution in [0.15, 0.2) is 0 Å². The minimum Gasteiger partial charge on any atom is -0.480 e. The number of hydrogen-bond donors (Lipinski definition) is 1. The Morgan fingerprint density at radius 2 is 2.21 bits per heavy atom. The zero-order chi connectivity index (χ0) is 10.1. The average molecular weight is 199 g/mol. The van der Waals surface area contributed by atoms with Gasteiger partial charge in [-0.1, -0.05) is 0 Å². The number of nitrogens with zero attached hydrogens (tertiary/aromatic N) is 1. The van der Waals surface area contributed by atoms with Crippen molar-refractivity contribution < 1.29 is 14.6 Å². The molecule has 0 radical (unpaired) electrons. The Labute approximate surface area is 83.8 Å². The van der Waals surface area contributed by atoms with Crippen LogP contribution >= 0.6 is 0 Å². The van der Waals surface area contributed by atoms with Crippen LogP contribution in [0, 0.1) is 11.8 Å². The number of hydrogen-bond acceptors (Lipinski definition) is 3. The Kier molecular flexibility index (Phi) is 2.74. The first-order chi connectivity index (χ1) is 6.68. The second kappa shape index (κ2) is 3.87. The lowest BCUT2D eigenvalue weighted by molar-refractivity contribution is -0.143. The number of carbonyl (C=O) groups is 1. The van der Waals surface area contributed by atoms with Crippen molar-refractivity contribution in [1.82, 2.24) is 4.90 Å². The van der Waals surface area contributed by atoms with Crippen LogP contribution in [0.4, 0.5) is 0 Å². The van der Waals surface area contributed by atoms with Crippen LogP contribution in [0.3, 0.4) is 0 Å². The molecule has 0 amide bonds. The SMILES string of the molecule is C[C@H](C(=O)O)N1CC[C@@H]2COC[C@H]2C1. The van der Waals surface area contributed by atoms with E-state index < -0.39 is 5.97 Å². The maximum atomic E-state index is 10.8. The van der Waals surface area contributed by atoms with Gasteiger partial charge in [0.15, 0.2) is 0 Å². The number of likely N-dealkylation sites (tertiary alicyclic amines) is 1. The number of carboxylic acid groups (broad SMARTS) is 1. The molecule has 2 saturated heterocycles. The smallest absolute Gasteiger partial charge is 0.320 e. The molecule has 0 unspecified atom stereocenters. The molecule has 1 N–H and O–H groups in total. The molecule has 2 rings (SSSR count). The zero-order valence-corrected chi connectivity index (χ0v) is 8.48. The Bertz CT molecular complexity index is 231. The first-order valence-electron chi connectivity index (χ1n) is 5.23. The van der Waals surface area contributed by atoms with Crippen LogP contribution in [-0.4, -0.2) is 48.3 Å². The molecule has 2 aliphatic rings. The fourth-order valence-corrected chi connectivity index (χ4v) is 2.40. The van der Waals surface area contributed by atoms with Gasteiger partial charge in [0.25, 0.3) is 0 Å². The van der Waals surface area contributed by atoms with Crippen LogP contribution < -0.4 is 0 Å². The molecular weight excluding hydrogens is 182 g/mol. The van der Waals surface area contributed by atoms with Gasteiger partial charge in [0, 0.05) is 19.1 Å². The third-order valence-electron chi connectivity index (χ3n) is 3.49. The lowest BCUT2D eigenvalue weighted by Crippen LogP contribution is -2.47. The van der Waals surface area contributed by atoms with Crippen molar-refractivity contribution in [2.45, 2.75) is 19.4 Å². The van der Waals surface area contributed by atoms with Crippen molar-refractivity contribution in [1.29, 1.82) is 0 Å². The molecule has 2 aliphatic heterocycles. The zero-order valence-electron chi connectivity index (χ0n) is 8.48. The van der Waals surface area contributed by atoms with E-state index in [1.165, 1.54) is 0 Å². The molecule has 4 heteroatoms. The van der Waals surface area contributed by atoms with Gasteiger partial charge in [0.2, 0.25) is 0 Å². The van der Waals surface area contributed by atoms with Gasteiger partial charge in [0.1, 0.15) is 6.04 Å². The summed E-state index contributed by atoms with van der Waals surface area (Å²) >= 11 is 0. The van der Waals surface area contributed by atoms with Crippen LogP contribution in [0.25, 0.3) is 0 Å². The fourth-order valence-electron chi connectivity index (χ4n) is 2.40. The molecule has 80 valence electrons. The minimum atomic E-state index is -0.720. The molecule has 0 aromatic rings. The van der Waals surface area contributed by atoms with Gasteiger partial charge in [-0.25, -0.2) is 0 Å². The van der Waals surface area contributed by atoms with Crippen molar-refractivity contribution in [2.75, 3.05) is 26.3 Å². The maximum Gasteiger partial charge on any atom is 0.320 e. The fraction of sp³-hybridized carbons (Fsp3) is 0.900. The first kappa shape index (κ1) is 9.93. The monoisotopic (exact) mass is 199 g/mol. The van der Waals surface area contributed by atoms with E-state index in [9.17, 15) is 4.79 Å². The molecule has 0 bridgehead atoms. The minimum absolute atomic E-state index is 0.350. The molecule has 2 fully saturated rings. The quantitative estimate of drug-likeness (QED) is 0.700. The van der Waals surface area contributed by atoms with Gasteiger partial charge in [-0.05, 0) is 25.8 Å². The summed E-state index contributed by atoms with van der Waals surface area (Å²) in [7, 11) is 0. The molecule has 0 spiro atoms. The molecule has 0 saturated carbocycles. The number of carboxylic acids is 1. The summed E-state index contributed by atoms with van der Waals surface area (Å²) in [6.07, 6.45) is 1.09. The third-order valence-corrected chi connectivity index (χ3v) is 3.49. The Morgan fingerprint density at radius 3 is 2.93 bits per heavy atom. The predicted molar refractivity (Wildman–Crippen MR) is 51.1 cm³/mol. The topological polar surface area (TPSA) is 49.8 Å². The standard InChI is InChI=1S/C10H17NO3/c1-7(10(12)13)11-3-2-8-5-14-6-9(8)4-11/h7-9H,2-6H2,1H3,(H,12,13)/t7-,8-,9-/m1/s1. The number of ether oxygens (including phenoxy) is 1. The normalized spacial score (nSPS) is 35.2. The van der Waals surface area contributed by atoms with Crippen molar-refractivity contribution in [3.63, 3.8) is 0 Å². The molecule has 0 aromatic heterocycles. The average Bonchev–Trinajstić information content (AvgIpc) is 2.62. The van der Waals surface area contributed by atoms with E-state index in [0.29, 0.717) is 11.8 Å². The molecule has 0 aliphatic carbocycles. The van der Waals surface area contributed by atoms with E-state index in [2.05, 4.69) is 4.90 Å². The van der Waals surface area contributed by atoms with E-state index in [4.69, 9.17) is 9.84 Å². The van der Waals surface area contributed by atoms with Gasteiger partial charge in [-0.2, -0.15) is 0 Å². The highest BCUT2D eigenvalue weighted by atomic mass is 16.5. The van der Waals surface area contributed by atoms with Gasteiger partial charge in [-0.3, -0.25) is 9.69 Å². The number of rotatable bonds is 2. The van der Waals surface area contributed by atoms with E-state index in [-0.39, 0.29) is 6.04 Å². The van der Waals surface area contributed by atoms with Gasteiger partial charge in [0.05, 0.1) is 6.61 Å². The van der Waals surface area contributed by atoms with E-state index >= 15 is 0 Å². The summed E-state index contributed by atoms with van der Waals surface area (Å²) in [5.74, 6) is 0.514. The largest absolute Gasteiger partial charge is 0.480 e. The lowest BCUT2D eigenvalue weighted by atomic mass is 9.88. The number of piperidine rings is 1. The van der Waals surface area contributed by atoms with Gasteiger partial charge >= 0.3 is 5.97 Å². The lowest BCUT2D eigenvalue weighted by Gasteiger charge is -2.36. The Morgan fingerprint density at radius 1 is 1.50 bits per heavy atom. The maximum absolute atomic E-state index is 10.8. The Balaban J connectivity index is 1.94. The van der Waals surface area contributed by atoms with Gasteiger partial charge in [-0.15, -0.1) is 0 Å². The van der Waals surface area contributed by atoms with E-state index in [0.717, 1.165) is 32.7 Å². The van der Waals surface area contributed by atoms with Crippen molar-refractivity contribution in [3.8, 4) is 0 Å². The Hall–Kier alpha value is -0.610. The molecule has 2 heterocycles. The summed E-state index contributed by atoms with van der Waals surface area (Å²) < 4.78 is 5.41. The highest BCUT2D eigenvalue weighted by Crippen LogP contribution is 2.29. The molecule has 3 atom stereocenters. The molecule has 0 aromatic carbocycles. The highest BCUT2D eigenvalue weighted by molar-refractivity contribution is 5.72. The van der Waals surface area contributed by atoms with Crippen LogP contribution in [0.5, 0.6) is 0 Å². The highest BCUT2D eigenvalue weighted by Gasteiger charge is 2.36. The van der Waals surface area contributed by atoms with E-state index in [1.54, 1.807) is 6.92 Å². The second-order valence-corrected chi connectivity index (χ2v) is 4.36. The first-order valence-corrected chi connectivity index (χ1v) is 5.23. The van der Waals surface area contributed by atoms with Crippen molar-refractivity contribution in [2.24, 2.45) is 11.8 Å². The summed E-state index contributed by atoms with van der Waals surface area (Å²) in [6.45, 7) is 5.24. The van der Waals surface area contributed by atoms with Gasteiger partial charge < -0.3 is 9.84 Å². The summed E-state index contributed by atoms with van der Waals surface area (Å²) in [6, 6.07) is -0.350. The summed E-state index contributed by atoms with van der Waals surface area (Å²) in [4.78, 5) is 12.9. The van der Waals surface area contributed by atoms with Crippen LogP contribution in [-0.2, 0) is 9.53 Å². The summed E-state index contributed by atoms with van der Waals surface area (Å²) in [5.41, 5.74) is 0. The van der Waals surface area contributed by atoms with Crippen LogP contribution in [0.2, 0.25) is 0 Å². The summed E-state index contributed by atoms with van der Waals surface area (Å²) in [5, 5.41) is 8.90. The van der Waals surface area contributed by atoms with Crippen LogP contribution in [0.1, 0.15) is 13.3 Å². The van der Waals surface area contributed by atoms with E-state index in [1.807, 2.05) is 0 Å². The number of aliphatic carboxylic acids is 1. The number of fused-ring (bicyclic) bond motifs is 1. The van der Waals surface area contributed by atoms with Crippen molar-refractivity contribution in [3.05, 3.63) is 0 Å². The van der Waals surface area contributed by atoms with Crippen molar-refractivity contribution >= 4 is 5.97 Å². The molecule has 14 heavy (non-hydrogen) atoms.